The molecule has 0 atom stereocenters. The molecule has 2 aromatic carbocycles. The number of hydrogen-bond donors (Lipinski definition) is 0. The highest BCUT2D eigenvalue weighted by molar-refractivity contribution is 5.98. The van der Waals surface area contributed by atoms with Gasteiger partial charge in [-0.05, 0) is 67.3 Å². The van der Waals surface area contributed by atoms with Gasteiger partial charge in [-0.15, -0.1) is 0 Å². The molecule has 0 unspecified atom stereocenters. The summed E-state index contributed by atoms with van der Waals surface area (Å²) in [7, 11) is 3.11. The fraction of sp³-hybridized carbons (Fsp3) is 0.308. The molecule has 166 valence electrons. The number of methoxy groups -OCH3 is 2. The van der Waals surface area contributed by atoms with Gasteiger partial charge in [-0.2, -0.15) is 0 Å². The van der Waals surface area contributed by atoms with Crippen LogP contribution in [0.25, 0.3) is 11.1 Å². The molecule has 0 bridgehead atoms. The number of carbonyl (C=O) groups is 1. The van der Waals surface area contributed by atoms with Crippen LogP contribution in [0, 0.1) is 12.7 Å². The van der Waals surface area contributed by atoms with Gasteiger partial charge in [-0.25, -0.2) is 4.39 Å². The second-order valence-corrected chi connectivity index (χ2v) is 8.04. The van der Waals surface area contributed by atoms with Crippen LogP contribution in [0.15, 0.2) is 54.6 Å². The predicted molar refractivity (Wildman–Crippen MR) is 122 cm³/mol. The van der Waals surface area contributed by atoms with Gasteiger partial charge in [0.2, 0.25) is 0 Å². The molecular weight excluding hydrogens is 407 g/mol. The summed E-state index contributed by atoms with van der Waals surface area (Å²) in [6.45, 7) is 3.26. The van der Waals surface area contributed by atoms with Crippen molar-refractivity contribution in [2.75, 3.05) is 27.3 Å². The summed E-state index contributed by atoms with van der Waals surface area (Å²) < 4.78 is 24.1. The normalized spacial score (nSPS) is 14.3. The van der Waals surface area contributed by atoms with E-state index < -0.39 is 0 Å². The van der Waals surface area contributed by atoms with Crippen molar-refractivity contribution < 1.29 is 18.7 Å². The second-order valence-electron chi connectivity index (χ2n) is 8.04. The number of hydrogen-bond acceptors (Lipinski definition) is 4. The fourth-order valence-corrected chi connectivity index (χ4v) is 4.32. The molecule has 5 nitrogen and oxygen atoms in total. The van der Waals surface area contributed by atoms with E-state index in [-0.39, 0.29) is 17.6 Å². The zero-order chi connectivity index (χ0) is 22.7. The molecule has 0 radical (unpaired) electrons. The number of amides is 1. The Balaban J connectivity index is 1.50. The minimum absolute atomic E-state index is 0.0524. The summed E-state index contributed by atoms with van der Waals surface area (Å²) >= 11 is 0. The van der Waals surface area contributed by atoms with Crippen LogP contribution >= 0.6 is 0 Å². The first-order valence-corrected chi connectivity index (χ1v) is 10.7. The minimum atomic E-state index is -0.246. The summed E-state index contributed by atoms with van der Waals surface area (Å²) in [5, 5.41) is 0. The fourth-order valence-electron chi connectivity index (χ4n) is 4.32. The van der Waals surface area contributed by atoms with Crippen LogP contribution in [0.4, 0.5) is 4.39 Å². The Hall–Kier alpha value is -3.41. The number of ether oxygens (including phenoxy) is 2. The molecule has 0 aliphatic carbocycles. The molecule has 6 heteroatoms. The molecule has 1 aromatic heterocycles. The van der Waals surface area contributed by atoms with Crippen LogP contribution in [-0.4, -0.2) is 43.1 Å². The second kappa shape index (κ2) is 9.39. The highest BCUT2D eigenvalue weighted by atomic mass is 19.1. The highest BCUT2D eigenvalue weighted by Crippen LogP contribution is 2.34. The third-order valence-electron chi connectivity index (χ3n) is 5.98. The molecule has 1 fully saturated rings. The van der Waals surface area contributed by atoms with Crippen molar-refractivity contribution >= 4 is 5.91 Å². The van der Waals surface area contributed by atoms with Gasteiger partial charge in [-0.1, -0.05) is 18.2 Å². The molecular formula is C26H27FN2O3. The monoisotopic (exact) mass is 434 g/mol. The van der Waals surface area contributed by atoms with E-state index in [0.717, 1.165) is 35.4 Å². The van der Waals surface area contributed by atoms with Crippen LogP contribution in [0.5, 0.6) is 11.5 Å². The summed E-state index contributed by atoms with van der Waals surface area (Å²) in [5.74, 6) is 0.982. The third-order valence-corrected chi connectivity index (χ3v) is 5.98. The lowest BCUT2D eigenvalue weighted by Gasteiger charge is -2.32. The van der Waals surface area contributed by atoms with Crippen LogP contribution in [0.2, 0.25) is 0 Å². The summed E-state index contributed by atoms with van der Waals surface area (Å²) in [5.41, 5.74) is 4.47. The molecule has 0 spiro atoms. The Labute approximate surface area is 187 Å². The number of nitrogens with zero attached hydrogens (tertiary/aromatic N) is 2. The van der Waals surface area contributed by atoms with Gasteiger partial charge in [0.05, 0.1) is 19.8 Å². The van der Waals surface area contributed by atoms with Gasteiger partial charge in [-0.3, -0.25) is 9.78 Å². The van der Waals surface area contributed by atoms with E-state index in [4.69, 9.17) is 14.5 Å². The number of piperidine rings is 1. The van der Waals surface area contributed by atoms with Crippen LogP contribution in [-0.2, 0) is 0 Å². The van der Waals surface area contributed by atoms with Crippen LogP contribution in [0.1, 0.15) is 40.5 Å². The average Bonchev–Trinajstić information content (AvgIpc) is 2.83. The largest absolute Gasteiger partial charge is 0.493 e. The lowest BCUT2D eigenvalue weighted by atomic mass is 9.91. The van der Waals surface area contributed by atoms with Crippen LogP contribution < -0.4 is 9.47 Å². The van der Waals surface area contributed by atoms with E-state index in [2.05, 4.69) is 6.07 Å². The van der Waals surface area contributed by atoms with Crippen molar-refractivity contribution in [1.82, 2.24) is 9.88 Å². The van der Waals surface area contributed by atoms with E-state index in [9.17, 15) is 9.18 Å². The van der Waals surface area contributed by atoms with Gasteiger partial charge in [0.1, 0.15) is 5.82 Å². The van der Waals surface area contributed by atoms with Crippen molar-refractivity contribution in [1.29, 1.82) is 0 Å². The first-order valence-electron chi connectivity index (χ1n) is 10.7. The van der Waals surface area contributed by atoms with Gasteiger partial charge in [0, 0.05) is 30.4 Å². The number of rotatable bonds is 5. The Morgan fingerprint density at radius 2 is 1.72 bits per heavy atom. The summed E-state index contributed by atoms with van der Waals surface area (Å²) in [6.07, 6.45) is 1.66. The van der Waals surface area contributed by atoms with E-state index >= 15 is 0 Å². The molecule has 4 rings (SSSR count). The van der Waals surface area contributed by atoms with Gasteiger partial charge in [0.15, 0.2) is 11.5 Å². The Morgan fingerprint density at radius 3 is 2.38 bits per heavy atom. The zero-order valence-electron chi connectivity index (χ0n) is 18.6. The smallest absolute Gasteiger partial charge is 0.257 e. The molecule has 1 saturated heterocycles. The number of carbonyl (C=O) groups excluding carboxylic acids is 1. The Bertz CT molecular complexity index is 1110. The number of halogens is 1. The number of para-hydroxylation sites is 1. The first-order chi connectivity index (χ1) is 15.5. The van der Waals surface area contributed by atoms with Crippen molar-refractivity contribution in [2.45, 2.75) is 25.7 Å². The number of aromatic nitrogens is 1. The molecule has 0 N–H and O–H groups in total. The summed E-state index contributed by atoms with van der Waals surface area (Å²) in [6, 6.07) is 16.0. The van der Waals surface area contributed by atoms with Crippen molar-refractivity contribution in [3.8, 4) is 22.6 Å². The lowest BCUT2D eigenvalue weighted by molar-refractivity contribution is 0.0708. The van der Waals surface area contributed by atoms with E-state index in [1.165, 1.54) is 12.1 Å². The highest BCUT2D eigenvalue weighted by Gasteiger charge is 2.28. The molecule has 1 aliphatic rings. The van der Waals surface area contributed by atoms with Gasteiger partial charge >= 0.3 is 0 Å². The maximum absolute atomic E-state index is 13.3. The molecule has 1 aliphatic heterocycles. The predicted octanol–water partition coefficient (Wildman–Crippen LogP) is 5.23. The maximum Gasteiger partial charge on any atom is 0.257 e. The van der Waals surface area contributed by atoms with Crippen molar-refractivity contribution in [3.63, 3.8) is 0 Å². The zero-order valence-corrected chi connectivity index (χ0v) is 18.6. The molecule has 3 aromatic rings. The molecule has 32 heavy (non-hydrogen) atoms. The minimum Gasteiger partial charge on any atom is -0.493 e. The van der Waals surface area contributed by atoms with E-state index in [1.807, 2.05) is 17.9 Å². The number of aryl methyl sites for hydroxylation is 1. The topological polar surface area (TPSA) is 51.7 Å². The standard InChI is InChI=1S/C26H27FN2O3/c1-17-15-20(18-7-9-21(27)10-8-18)16-23(28-17)19-11-13-29(14-12-19)26(30)22-5-4-6-24(31-2)25(22)32-3/h4-10,15-16,19H,11-14H2,1-3H3. The van der Waals surface area contributed by atoms with Gasteiger partial charge < -0.3 is 14.4 Å². The molecule has 2 heterocycles. The SMILES string of the molecule is COc1cccc(C(=O)N2CCC(c3cc(-c4ccc(F)cc4)cc(C)n3)CC2)c1OC. The van der Waals surface area contributed by atoms with Gasteiger partial charge in [0.25, 0.3) is 5.91 Å². The number of likely N-dealkylation sites (tertiary alicyclic amines) is 1. The molecule has 1 amide bonds. The van der Waals surface area contributed by atoms with Crippen molar-refractivity contribution in [2.24, 2.45) is 0 Å². The third kappa shape index (κ3) is 4.44. The number of benzene rings is 2. The Kier molecular flexibility index (Phi) is 6.40. The Morgan fingerprint density at radius 1 is 1.00 bits per heavy atom. The van der Waals surface area contributed by atoms with E-state index in [0.29, 0.717) is 30.2 Å². The number of pyridine rings is 1. The quantitative estimate of drug-likeness (QED) is 0.552. The van der Waals surface area contributed by atoms with E-state index in [1.54, 1.807) is 44.6 Å². The average molecular weight is 435 g/mol. The maximum atomic E-state index is 13.3. The molecule has 0 saturated carbocycles. The van der Waals surface area contributed by atoms with Crippen molar-refractivity contribution in [3.05, 3.63) is 77.4 Å². The first kappa shape index (κ1) is 21.8. The van der Waals surface area contributed by atoms with Crippen LogP contribution in [0.3, 0.4) is 0 Å². The summed E-state index contributed by atoms with van der Waals surface area (Å²) in [4.78, 5) is 19.8. The lowest BCUT2D eigenvalue weighted by Crippen LogP contribution is -2.38.